The summed E-state index contributed by atoms with van der Waals surface area (Å²) in [7, 11) is 0. The lowest BCUT2D eigenvalue weighted by molar-refractivity contribution is 0.896. The monoisotopic (exact) mass is 315 g/mol. The number of fused-ring (bicyclic) bond motifs is 1. The lowest BCUT2D eigenvalue weighted by Gasteiger charge is -2.03. The van der Waals surface area contributed by atoms with E-state index in [0.29, 0.717) is 11.8 Å². The minimum atomic E-state index is -0.0768. The molecule has 4 rings (SSSR count). The number of hydrogen-bond acceptors (Lipinski definition) is 3. The van der Waals surface area contributed by atoms with Gasteiger partial charge in [-0.2, -0.15) is 0 Å². The van der Waals surface area contributed by atoms with Gasteiger partial charge in [0, 0.05) is 18.6 Å². The minimum Gasteiger partial charge on any atom is -0.310 e. The van der Waals surface area contributed by atoms with Crippen LogP contribution >= 0.6 is 0 Å². The number of benzene rings is 2. The normalized spacial score (nSPS) is 13.8. The number of para-hydroxylation sites is 1. The van der Waals surface area contributed by atoms with Crippen LogP contribution in [0.5, 0.6) is 0 Å². The quantitative estimate of drug-likeness (QED) is 0.797. The molecule has 0 amide bonds. The van der Waals surface area contributed by atoms with Crippen molar-refractivity contribution in [3.8, 4) is 0 Å². The first-order chi connectivity index (χ1) is 11.8. The number of aliphatic imine (C=N–C) groups is 1. The number of H-pyrrole nitrogens is 1. The fourth-order valence-corrected chi connectivity index (χ4v) is 2.94. The first-order valence-electron chi connectivity index (χ1n) is 8.09. The third kappa shape index (κ3) is 2.91. The van der Waals surface area contributed by atoms with Gasteiger partial charge in [-0.3, -0.25) is 9.79 Å². The van der Waals surface area contributed by atoms with Crippen molar-refractivity contribution < 1.29 is 0 Å². The predicted molar refractivity (Wildman–Crippen MR) is 97.2 cm³/mol. The second-order valence-electron chi connectivity index (χ2n) is 5.87. The Morgan fingerprint density at radius 1 is 0.958 bits per heavy atom. The van der Waals surface area contributed by atoms with Gasteiger partial charge in [-0.25, -0.2) is 4.98 Å². The Labute approximate surface area is 139 Å². The van der Waals surface area contributed by atoms with Crippen molar-refractivity contribution >= 4 is 22.3 Å². The van der Waals surface area contributed by atoms with E-state index in [4.69, 9.17) is 4.99 Å². The first kappa shape index (κ1) is 14.6. The molecule has 0 fully saturated rings. The molecule has 1 aliphatic rings. The Balaban J connectivity index is 1.49. The zero-order valence-corrected chi connectivity index (χ0v) is 13.2. The van der Waals surface area contributed by atoms with Crippen LogP contribution in [0.1, 0.15) is 24.2 Å². The Morgan fingerprint density at radius 2 is 1.75 bits per heavy atom. The van der Waals surface area contributed by atoms with Crippen LogP contribution in [0.3, 0.4) is 0 Å². The van der Waals surface area contributed by atoms with Crippen LogP contribution in [-0.2, 0) is 6.42 Å². The SMILES string of the molecule is O=c1[nH]c(CCC2=NC(c3ccccc3)=CC2)nc2ccccc12. The molecule has 0 atom stereocenters. The van der Waals surface area contributed by atoms with E-state index >= 15 is 0 Å². The van der Waals surface area contributed by atoms with Crippen LogP contribution in [-0.4, -0.2) is 15.7 Å². The molecule has 0 aliphatic carbocycles. The molecule has 0 saturated carbocycles. The Morgan fingerprint density at radius 3 is 2.62 bits per heavy atom. The van der Waals surface area contributed by atoms with Gasteiger partial charge >= 0.3 is 0 Å². The fraction of sp³-hybridized carbons (Fsp3) is 0.150. The molecule has 2 heterocycles. The molecular weight excluding hydrogens is 298 g/mol. The van der Waals surface area contributed by atoms with Crippen molar-refractivity contribution in [2.75, 3.05) is 0 Å². The lowest BCUT2D eigenvalue weighted by atomic mass is 10.1. The van der Waals surface area contributed by atoms with Crippen LogP contribution in [0.4, 0.5) is 0 Å². The number of nitrogens with one attached hydrogen (secondary N) is 1. The summed E-state index contributed by atoms with van der Waals surface area (Å²) in [5.74, 6) is 0.717. The van der Waals surface area contributed by atoms with Crippen molar-refractivity contribution in [3.05, 3.63) is 82.4 Å². The smallest absolute Gasteiger partial charge is 0.258 e. The van der Waals surface area contributed by atoms with E-state index in [1.165, 1.54) is 0 Å². The summed E-state index contributed by atoms with van der Waals surface area (Å²) < 4.78 is 0. The van der Waals surface area contributed by atoms with Gasteiger partial charge < -0.3 is 4.98 Å². The van der Waals surface area contributed by atoms with Crippen LogP contribution in [0.2, 0.25) is 0 Å². The topological polar surface area (TPSA) is 58.1 Å². The Kier molecular flexibility index (Phi) is 3.79. The van der Waals surface area contributed by atoms with Crippen LogP contribution in [0.25, 0.3) is 16.6 Å². The van der Waals surface area contributed by atoms with Gasteiger partial charge in [-0.05, 0) is 24.1 Å². The molecule has 0 radical (unpaired) electrons. The summed E-state index contributed by atoms with van der Waals surface area (Å²) >= 11 is 0. The van der Waals surface area contributed by atoms with E-state index in [1.54, 1.807) is 6.07 Å². The van der Waals surface area contributed by atoms with Crippen molar-refractivity contribution in [2.24, 2.45) is 4.99 Å². The minimum absolute atomic E-state index is 0.0768. The van der Waals surface area contributed by atoms with Crippen molar-refractivity contribution in [1.29, 1.82) is 0 Å². The highest BCUT2D eigenvalue weighted by molar-refractivity contribution is 5.95. The van der Waals surface area contributed by atoms with Gasteiger partial charge in [0.15, 0.2) is 0 Å². The van der Waals surface area contributed by atoms with E-state index < -0.39 is 0 Å². The number of aryl methyl sites for hydroxylation is 1. The number of rotatable bonds is 4. The number of hydrogen-bond donors (Lipinski definition) is 1. The summed E-state index contributed by atoms with van der Waals surface area (Å²) in [5.41, 5.74) is 3.97. The Hall–Kier alpha value is -3.01. The maximum Gasteiger partial charge on any atom is 0.258 e. The van der Waals surface area contributed by atoms with Gasteiger partial charge in [0.25, 0.3) is 5.56 Å². The maximum absolute atomic E-state index is 12.1. The fourth-order valence-electron chi connectivity index (χ4n) is 2.94. The molecule has 1 aromatic heterocycles. The highest BCUT2D eigenvalue weighted by atomic mass is 16.1. The van der Waals surface area contributed by atoms with Crippen LogP contribution in [0, 0.1) is 0 Å². The molecule has 0 unspecified atom stereocenters. The molecule has 0 bridgehead atoms. The molecule has 4 nitrogen and oxygen atoms in total. The predicted octanol–water partition coefficient (Wildman–Crippen LogP) is 3.74. The molecule has 4 heteroatoms. The molecule has 0 spiro atoms. The summed E-state index contributed by atoms with van der Waals surface area (Å²) in [6.07, 6.45) is 4.51. The van der Waals surface area contributed by atoms with Gasteiger partial charge in [0.05, 0.1) is 16.6 Å². The third-order valence-electron chi connectivity index (χ3n) is 4.19. The third-order valence-corrected chi connectivity index (χ3v) is 4.19. The van der Waals surface area contributed by atoms with Crippen LogP contribution in [0.15, 0.2) is 70.5 Å². The summed E-state index contributed by atoms with van der Waals surface area (Å²) in [6.45, 7) is 0. The zero-order chi connectivity index (χ0) is 16.4. The molecule has 0 saturated heterocycles. The second kappa shape index (κ2) is 6.24. The lowest BCUT2D eigenvalue weighted by Crippen LogP contribution is -2.12. The number of nitrogens with zero attached hydrogens (tertiary/aromatic N) is 2. The summed E-state index contributed by atoms with van der Waals surface area (Å²) in [4.78, 5) is 24.2. The van der Waals surface area contributed by atoms with Crippen molar-refractivity contribution in [3.63, 3.8) is 0 Å². The molecule has 118 valence electrons. The first-order valence-corrected chi connectivity index (χ1v) is 8.09. The van der Waals surface area contributed by atoms with Gasteiger partial charge in [0.1, 0.15) is 5.82 Å². The van der Waals surface area contributed by atoms with Crippen molar-refractivity contribution in [2.45, 2.75) is 19.3 Å². The molecular formula is C20H17N3O. The van der Waals surface area contributed by atoms with Gasteiger partial charge in [-0.15, -0.1) is 0 Å². The van der Waals surface area contributed by atoms with Gasteiger partial charge in [0.2, 0.25) is 0 Å². The second-order valence-corrected chi connectivity index (χ2v) is 5.87. The average Bonchev–Trinajstić information content (AvgIpc) is 3.10. The molecule has 2 aromatic carbocycles. The van der Waals surface area contributed by atoms with E-state index in [1.807, 2.05) is 36.4 Å². The number of aromatic nitrogens is 2. The zero-order valence-electron chi connectivity index (χ0n) is 13.2. The molecule has 24 heavy (non-hydrogen) atoms. The maximum atomic E-state index is 12.1. The highest BCUT2D eigenvalue weighted by Gasteiger charge is 2.11. The van der Waals surface area contributed by atoms with Crippen LogP contribution < -0.4 is 5.56 Å². The molecule has 3 aromatic rings. The van der Waals surface area contributed by atoms with E-state index in [9.17, 15) is 4.79 Å². The van der Waals surface area contributed by atoms with Gasteiger partial charge in [-0.1, -0.05) is 48.5 Å². The largest absolute Gasteiger partial charge is 0.310 e. The highest BCUT2D eigenvalue weighted by Crippen LogP contribution is 2.23. The summed E-state index contributed by atoms with van der Waals surface area (Å²) in [6, 6.07) is 17.6. The standard InChI is InChI=1S/C20H17N3O/c24-20-16-8-4-5-9-18(16)22-19(23-20)13-11-15-10-12-17(21-15)14-6-2-1-3-7-14/h1-9,12H,10-11,13H2,(H,22,23,24). The average molecular weight is 315 g/mol. The molecule has 1 aliphatic heterocycles. The number of allylic oxidation sites excluding steroid dienone is 1. The number of aromatic amines is 1. The van der Waals surface area contributed by atoms with Crippen molar-refractivity contribution in [1.82, 2.24) is 9.97 Å². The van der Waals surface area contributed by atoms with E-state index in [-0.39, 0.29) is 5.56 Å². The van der Waals surface area contributed by atoms with E-state index in [0.717, 1.165) is 41.2 Å². The summed E-state index contributed by atoms with van der Waals surface area (Å²) in [5, 5.41) is 0.632. The van der Waals surface area contributed by atoms with E-state index in [2.05, 4.69) is 28.2 Å². The molecule has 1 N–H and O–H groups in total. The Bertz CT molecular complexity index is 1000.